The second-order valence-electron chi connectivity index (χ2n) is 19.7. The Labute approximate surface area is 440 Å². The Balaban J connectivity index is 1.82. The molecule has 9 N–H and O–H groups in total. The van der Waals surface area contributed by atoms with Crippen LogP contribution in [-0.4, -0.2) is 140 Å². The lowest BCUT2D eigenvalue weighted by atomic mass is 9.97. The molecular formula is C59H101NO13. The van der Waals surface area contributed by atoms with E-state index >= 15 is 0 Å². The molecule has 0 bridgehead atoms. The Hall–Kier alpha value is -2.83. The highest BCUT2D eigenvalue weighted by Crippen LogP contribution is 2.30. The zero-order valence-corrected chi connectivity index (χ0v) is 44.8. The summed E-state index contributed by atoms with van der Waals surface area (Å²) in [6.07, 6.45) is 41.5. The fourth-order valence-electron chi connectivity index (χ4n) is 8.81. The summed E-state index contributed by atoms with van der Waals surface area (Å²) < 4.78 is 22.8. The van der Waals surface area contributed by atoms with Crippen molar-refractivity contribution in [2.24, 2.45) is 0 Å². The van der Waals surface area contributed by atoms with Crippen LogP contribution in [0.3, 0.4) is 0 Å². The highest BCUT2D eigenvalue weighted by atomic mass is 16.7. The van der Waals surface area contributed by atoms with E-state index in [9.17, 15) is 45.6 Å². The van der Waals surface area contributed by atoms with Gasteiger partial charge in [0.05, 0.1) is 32.0 Å². The number of hydrogen-bond acceptors (Lipinski definition) is 13. The zero-order valence-electron chi connectivity index (χ0n) is 44.8. The molecule has 0 radical (unpaired) electrons. The third-order valence-corrected chi connectivity index (χ3v) is 13.4. The van der Waals surface area contributed by atoms with Crippen LogP contribution in [0.25, 0.3) is 0 Å². The second kappa shape index (κ2) is 44.3. The summed E-state index contributed by atoms with van der Waals surface area (Å²) in [7, 11) is 0. The van der Waals surface area contributed by atoms with Gasteiger partial charge in [-0.05, 0) is 64.2 Å². The predicted octanol–water partition coefficient (Wildman–Crippen LogP) is 8.94. The third kappa shape index (κ3) is 30.5. The largest absolute Gasteiger partial charge is 0.394 e. The molecule has 0 saturated carbocycles. The number of amides is 1. The van der Waals surface area contributed by atoms with E-state index in [1.54, 1.807) is 0 Å². The molecule has 1 amide bonds. The molecule has 0 aromatic heterocycles. The molecular weight excluding hydrogens is 931 g/mol. The van der Waals surface area contributed by atoms with Gasteiger partial charge in [0, 0.05) is 6.42 Å². The summed E-state index contributed by atoms with van der Waals surface area (Å²) in [5, 5.41) is 87.1. The lowest BCUT2D eigenvalue weighted by Crippen LogP contribution is -2.65. The van der Waals surface area contributed by atoms with Gasteiger partial charge in [-0.3, -0.25) is 4.79 Å². The Kier molecular flexibility index (Phi) is 40.2. The van der Waals surface area contributed by atoms with E-state index in [-0.39, 0.29) is 18.9 Å². The molecule has 2 saturated heterocycles. The van der Waals surface area contributed by atoms with Crippen LogP contribution in [0.15, 0.2) is 85.1 Å². The molecule has 0 aromatic rings. The van der Waals surface area contributed by atoms with E-state index in [1.165, 1.54) is 77.0 Å². The van der Waals surface area contributed by atoms with E-state index in [4.69, 9.17) is 18.9 Å². The van der Waals surface area contributed by atoms with Crippen LogP contribution in [0.1, 0.15) is 187 Å². The number of allylic oxidation sites excluding steroid dienone is 14. The van der Waals surface area contributed by atoms with Gasteiger partial charge in [0.2, 0.25) is 5.91 Å². The minimum atomic E-state index is -1.79. The molecule has 0 spiro atoms. The van der Waals surface area contributed by atoms with Crippen LogP contribution in [0, 0.1) is 0 Å². The molecule has 2 heterocycles. The van der Waals surface area contributed by atoms with Gasteiger partial charge in [0.25, 0.3) is 0 Å². The van der Waals surface area contributed by atoms with Crippen LogP contribution in [0.4, 0.5) is 0 Å². The first kappa shape index (κ1) is 66.3. The van der Waals surface area contributed by atoms with Gasteiger partial charge in [-0.25, -0.2) is 0 Å². The standard InChI is InChI=1S/C59H101NO13/c1-3-5-7-9-11-13-15-17-19-21-22-23-24-25-26-27-29-31-33-35-37-39-41-43-51(64)60-47(48(63)42-40-38-36-34-32-30-28-20-18-16-14-12-10-8-6-4-2)46-70-58-56(69)54(67)57(50(45-62)72-58)73-59-55(68)53(66)52(65)49(44-61)71-59/h5,7,11,13,17,19,22-23,25-26,29,31,35,37,47-50,52-59,61-63,65-69H,3-4,6,8-10,12,14-16,18,20-21,24,27-28,30,32-34,36,38-46H2,1-2H3,(H,60,64)/b7-5-,13-11-,19-17-,23-22-,26-25-,31-29-,37-35-. The fraction of sp³-hybridized carbons (Fsp3) is 0.746. The minimum absolute atomic E-state index is 0.220. The van der Waals surface area contributed by atoms with Gasteiger partial charge in [-0.15, -0.1) is 0 Å². The fourth-order valence-corrected chi connectivity index (χ4v) is 8.81. The van der Waals surface area contributed by atoms with Crippen molar-refractivity contribution in [1.29, 1.82) is 0 Å². The summed E-state index contributed by atoms with van der Waals surface area (Å²) >= 11 is 0. The molecule has 12 atom stereocenters. The van der Waals surface area contributed by atoms with Crippen molar-refractivity contribution in [2.45, 2.75) is 261 Å². The zero-order chi connectivity index (χ0) is 53.2. The first-order valence-electron chi connectivity index (χ1n) is 28.3. The van der Waals surface area contributed by atoms with Crippen molar-refractivity contribution in [1.82, 2.24) is 5.32 Å². The Morgan fingerprint density at radius 3 is 1.40 bits per heavy atom. The summed E-state index contributed by atoms with van der Waals surface area (Å²) in [5.74, 6) is -0.267. The number of hydrogen-bond donors (Lipinski definition) is 9. The molecule has 14 heteroatoms. The van der Waals surface area contributed by atoms with E-state index in [2.05, 4.69) is 104 Å². The maximum absolute atomic E-state index is 13.2. The summed E-state index contributed by atoms with van der Waals surface area (Å²) in [5.41, 5.74) is 0. The molecule has 0 aromatic carbocycles. The SMILES string of the molecule is CC/C=C\C/C=C\C/C=C\C/C=C\C/C=C\C/C=C\C/C=C\CCCC(=O)NC(COC1OC(CO)C(OC2OC(CO)C(O)C(O)C2O)C(O)C1O)C(O)CCCCCCCCCCCCCCCCCC. The Bertz CT molecular complexity index is 1550. The van der Waals surface area contributed by atoms with Gasteiger partial charge in [-0.1, -0.05) is 202 Å². The predicted molar refractivity (Wildman–Crippen MR) is 290 cm³/mol. The summed E-state index contributed by atoms with van der Waals surface area (Å²) in [6, 6.07) is -0.865. The maximum Gasteiger partial charge on any atom is 0.220 e. The van der Waals surface area contributed by atoms with E-state index < -0.39 is 86.8 Å². The molecule has 73 heavy (non-hydrogen) atoms. The number of carbonyl (C=O) groups excluding carboxylic acids is 1. The van der Waals surface area contributed by atoms with Crippen LogP contribution >= 0.6 is 0 Å². The summed E-state index contributed by atoms with van der Waals surface area (Å²) in [4.78, 5) is 13.2. The van der Waals surface area contributed by atoms with Crippen LogP contribution < -0.4 is 5.32 Å². The first-order chi connectivity index (χ1) is 35.6. The average molecular weight is 1030 g/mol. The maximum atomic E-state index is 13.2. The van der Waals surface area contributed by atoms with Gasteiger partial charge in [0.15, 0.2) is 12.6 Å². The van der Waals surface area contributed by atoms with Gasteiger partial charge in [0.1, 0.15) is 48.8 Å². The van der Waals surface area contributed by atoms with Crippen molar-refractivity contribution in [3.05, 3.63) is 85.1 Å². The average Bonchev–Trinajstić information content (AvgIpc) is 3.39. The monoisotopic (exact) mass is 1030 g/mol. The van der Waals surface area contributed by atoms with Gasteiger partial charge >= 0.3 is 0 Å². The van der Waals surface area contributed by atoms with Crippen molar-refractivity contribution in [3.8, 4) is 0 Å². The number of ether oxygens (including phenoxy) is 4. The van der Waals surface area contributed by atoms with Gasteiger partial charge in [-0.2, -0.15) is 0 Å². The second-order valence-corrected chi connectivity index (χ2v) is 19.7. The smallest absolute Gasteiger partial charge is 0.220 e. The van der Waals surface area contributed by atoms with E-state index in [0.717, 1.165) is 70.6 Å². The number of rotatable bonds is 43. The van der Waals surface area contributed by atoms with Crippen molar-refractivity contribution < 1.29 is 64.6 Å². The first-order valence-corrected chi connectivity index (χ1v) is 28.3. The number of nitrogens with one attached hydrogen (secondary N) is 1. The van der Waals surface area contributed by atoms with Crippen molar-refractivity contribution in [2.75, 3.05) is 19.8 Å². The molecule has 12 unspecified atom stereocenters. The topological polar surface area (TPSA) is 228 Å². The third-order valence-electron chi connectivity index (χ3n) is 13.4. The van der Waals surface area contributed by atoms with E-state index in [1.807, 2.05) is 0 Å². The number of unbranched alkanes of at least 4 members (excludes halogenated alkanes) is 16. The molecule has 2 rings (SSSR count). The molecule has 2 fully saturated rings. The van der Waals surface area contributed by atoms with Crippen molar-refractivity contribution >= 4 is 5.91 Å². The quantitative estimate of drug-likeness (QED) is 0.0206. The number of carbonyl (C=O) groups is 1. The number of aliphatic hydroxyl groups excluding tert-OH is 8. The van der Waals surface area contributed by atoms with E-state index in [0.29, 0.717) is 19.3 Å². The number of aliphatic hydroxyl groups is 8. The van der Waals surface area contributed by atoms with Crippen LogP contribution in [0.5, 0.6) is 0 Å². The lowest BCUT2D eigenvalue weighted by Gasteiger charge is -2.46. The van der Waals surface area contributed by atoms with Crippen molar-refractivity contribution in [3.63, 3.8) is 0 Å². The normalized spacial score (nSPS) is 26.1. The minimum Gasteiger partial charge on any atom is -0.394 e. The highest BCUT2D eigenvalue weighted by molar-refractivity contribution is 5.76. The summed E-state index contributed by atoms with van der Waals surface area (Å²) in [6.45, 7) is 2.69. The molecule has 420 valence electrons. The molecule has 14 nitrogen and oxygen atoms in total. The lowest BCUT2D eigenvalue weighted by molar-refractivity contribution is -0.359. The highest BCUT2D eigenvalue weighted by Gasteiger charge is 2.51. The Morgan fingerprint density at radius 2 is 0.932 bits per heavy atom. The van der Waals surface area contributed by atoms with Crippen LogP contribution in [-0.2, 0) is 23.7 Å². The van der Waals surface area contributed by atoms with Crippen LogP contribution in [0.2, 0.25) is 0 Å². The van der Waals surface area contributed by atoms with Gasteiger partial charge < -0.3 is 65.1 Å². The molecule has 2 aliphatic rings. The molecule has 0 aliphatic carbocycles. The Morgan fingerprint density at radius 1 is 0.507 bits per heavy atom. The molecule has 2 aliphatic heterocycles.